The monoisotopic (exact) mass is 499 g/mol. The smallest absolute Gasteiger partial charge is 0.229 e. The summed E-state index contributed by atoms with van der Waals surface area (Å²) < 4.78 is 19.0. The number of methoxy groups -OCH3 is 1. The molecule has 6 heteroatoms. The Hall–Kier alpha value is -3.28. The van der Waals surface area contributed by atoms with Gasteiger partial charge < -0.3 is 10.1 Å². The highest BCUT2D eigenvalue weighted by molar-refractivity contribution is 5.92. The van der Waals surface area contributed by atoms with Crippen molar-refractivity contribution in [2.45, 2.75) is 58.3 Å². The fourth-order valence-electron chi connectivity index (χ4n) is 7.60. The number of amides is 1. The molecule has 0 atom stereocenters. The molecule has 4 aliphatic carbocycles. The molecule has 0 aliphatic heterocycles. The Morgan fingerprint density at radius 2 is 1.73 bits per heavy atom. The number of hydrogen-bond acceptors (Lipinski definition) is 4. The number of ether oxygens (including phenoxy) is 1. The van der Waals surface area contributed by atoms with Gasteiger partial charge >= 0.3 is 0 Å². The zero-order valence-electron chi connectivity index (χ0n) is 21.6. The van der Waals surface area contributed by atoms with Gasteiger partial charge in [-0.2, -0.15) is 0 Å². The molecule has 2 aromatic carbocycles. The first kappa shape index (κ1) is 24.1. The summed E-state index contributed by atoms with van der Waals surface area (Å²) in [5.41, 5.74) is 4.22. The maximum atomic E-state index is 13.7. The summed E-state index contributed by atoms with van der Waals surface area (Å²) in [6, 6.07) is 12.6. The molecule has 4 bridgehead atoms. The fourth-order valence-corrected chi connectivity index (χ4v) is 7.60. The van der Waals surface area contributed by atoms with Gasteiger partial charge in [0.1, 0.15) is 11.6 Å². The lowest BCUT2D eigenvalue weighted by atomic mass is 9.48. The fraction of sp³-hybridized carbons (Fsp3) is 0.452. The largest absolute Gasteiger partial charge is 0.497 e. The van der Waals surface area contributed by atoms with Gasteiger partial charge in [-0.25, -0.2) is 14.4 Å². The van der Waals surface area contributed by atoms with Crippen molar-refractivity contribution >= 4 is 11.7 Å². The number of benzene rings is 2. The zero-order valence-corrected chi connectivity index (χ0v) is 21.6. The van der Waals surface area contributed by atoms with Crippen LogP contribution in [0.1, 0.15) is 55.3 Å². The summed E-state index contributed by atoms with van der Waals surface area (Å²) in [4.78, 5) is 22.8. The number of carbonyl (C=O) groups is 1. The predicted molar refractivity (Wildman–Crippen MR) is 142 cm³/mol. The minimum atomic E-state index is -0.262. The van der Waals surface area contributed by atoms with Gasteiger partial charge in [-0.15, -0.1) is 0 Å². The molecule has 0 unspecified atom stereocenters. The van der Waals surface area contributed by atoms with Crippen LogP contribution < -0.4 is 10.1 Å². The van der Waals surface area contributed by atoms with E-state index in [0.717, 1.165) is 52.4 Å². The van der Waals surface area contributed by atoms with Crippen molar-refractivity contribution in [1.29, 1.82) is 0 Å². The van der Waals surface area contributed by atoms with Crippen LogP contribution in [0.15, 0.2) is 48.7 Å². The lowest BCUT2D eigenvalue weighted by molar-refractivity contribution is -0.115. The molecule has 37 heavy (non-hydrogen) atoms. The minimum Gasteiger partial charge on any atom is -0.497 e. The lowest BCUT2D eigenvalue weighted by Crippen LogP contribution is -2.47. The minimum absolute atomic E-state index is 0.163. The zero-order chi connectivity index (χ0) is 25.6. The normalized spacial score (nSPS) is 25.8. The number of nitrogens with one attached hydrogen (secondary N) is 1. The number of hydrogen-bond donors (Lipinski definition) is 1. The molecule has 1 aromatic heterocycles. The van der Waals surface area contributed by atoms with Gasteiger partial charge in [-0.05, 0) is 116 Å². The molecule has 4 aliphatic rings. The Bertz CT molecular complexity index is 1290. The molecule has 3 aromatic rings. The van der Waals surface area contributed by atoms with Gasteiger partial charge in [0.25, 0.3) is 0 Å². The summed E-state index contributed by atoms with van der Waals surface area (Å²) in [5.74, 6) is 3.43. The van der Waals surface area contributed by atoms with Gasteiger partial charge in [0.05, 0.1) is 31.1 Å². The van der Waals surface area contributed by atoms with E-state index >= 15 is 0 Å². The molecule has 5 nitrogen and oxygen atoms in total. The Labute approximate surface area is 217 Å². The van der Waals surface area contributed by atoms with E-state index in [9.17, 15) is 9.18 Å². The summed E-state index contributed by atoms with van der Waals surface area (Å²) in [5, 5.41) is 3.05. The summed E-state index contributed by atoms with van der Waals surface area (Å²) in [7, 11) is 1.66. The van der Waals surface area contributed by atoms with E-state index in [1.807, 2.05) is 24.3 Å². The summed E-state index contributed by atoms with van der Waals surface area (Å²) in [6.45, 7) is 1.71. The Kier molecular flexibility index (Phi) is 6.21. The number of anilines is 1. The Morgan fingerprint density at radius 1 is 1.05 bits per heavy atom. The highest BCUT2D eigenvalue weighted by Crippen LogP contribution is 2.61. The third-order valence-corrected chi connectivity index (χ3v) is 8.78. The maximum Gasteiger partial charge on any atom is 0.229 e. The number of carbonyl (C=O) groups excluding carboxylic acids is 1. The molecule has 1 heterocycles. The van der Waals surface area contributed by atoms with E-state index in [4.69, 9.17) is 14.7 Å². The number of rotatable bonds is 7. The van der Waals surface area contributed by atoms with E-state index < -0.39 is 0 Å². The quantitative estimate of drug-likeness (QED) is 0.401. The van der Waals surface area contributed by atoms with Crippen molar-refractivity contribution in [3.63, 3.8) is 0 Å². The number of halogens is 1. The SMILES string of the molecule is COc1ccc(-c2cnc(NC(=O)Cc3ccc(F)c(C)c3)c(CC34CC5CC(CC(C5)C3)C4)n2)cc1. The molecular weight excluding hydrogens is 465 g/mol. The van der Waals surface area contributed by atoms with E-state index in [2.05, 4.69) is 5.32 Å². The van der Waals surface area contributed by atoms with E-state index in [0.29, 0.717) is 11.4 Å². The third kappa shape index (κ3) is 4.98. The first-order chi connectivity index (χ1) is 17.9. The number of aryl methyl sites for hydroxylation is 1. The molecule has 0 saturated heterocycles. The molecule has 0 spiro atoms. The number of nitrogens with zero attached hydrogens (tertiary/aromatic N) is 2. The van der Waals surface area contributed by atoms with Crippen LogP contribution in [0.3, 0.4) is 0 Å². The topological polar surface area (TPSA) is 64.1 Å². The standard InChI is InChI=1S/C31H34FN3O2/c1-19-9-20(3-8-26(19)32)13-29(36)35-30-27(17-31-14-21-10-22(15-31)12-23(11-21)16-31)34-28(18-33-30)24-4-6-25(37-2)7-5-24/h3-9,18,21-23H,10-17H2,1-2H3,(H,33,35,36). The molecule has 4 saturated carbocycles. The molecule has 0 radical (unpaired) electrons. The number of aromatic nitrogens is 2. The van der Waals surface area contributed by atoms with E-state index in [1.165, 1.54) is 44.6 Å². The molecule has 192 valence electrons. The van der Waals surface area contributed by atoms with Crippen molar-refractivity contribution in [2.75, 3.05) is 12.4 Å². The third-order valence-electron chi connectivity index (χ3n) is 8.78. The van der Waals surface area contributed by atoms with Crippen molar-refractivity contribution in [1.82, 2.24) is 9.97 Å². The second kappa shape index (κ2) is 9.55. The van der Waals surface area contributed by atoms with E-state index in [1.54, 1.807) is 32.4 Å². The molecule has 1 N–H and O–H groups in total. The average Bonchev–Trinajstić information content (AvgIpc) is 2.86. The van der Waals surface area contributed by atoms with Gasteiger partial charge in [-0.1, -0.05) is 12.1 Å². The predicted octanol–water partition coefficient (Wildman–Crippen LogP) is 6.54. The van der Waals surface area contributed by atoms with Crippen molar-refractivity contribution in [2.24, 2.45) is 23.2 Å². The van der Waals surface area contributed by atoms with Crippen molar-refractivity contribution in [3.8, 4) is 17.0 Å². The van der Waals surface area contributed by atoms with Crippen LogP contribution in [0.4, 0.5) is 10.2 Å². The first-order valence-electron chi connectivity index (χ1n) is 13.4. The van der Waals surface area contributed by atoms with Crippen LogP contribution >= 0.6 is 0 Å². The maximum absolute atomic E-state index is 13.7. The summed E-state index contributed by atoms with van der Waals surface area (Å²) >= 11 is 0. The van der Waals surface area contributed by atoms with Crippen LogP contribution in [-0.4, -0.2) is 23.0 Å². The Morgan fingerprint density at radius 3 is 2.35 bits per heavy atom. The van der Waals surface area contributed by atoms with Crippen LogP contribution in [0.5, 0.6) is 5.75 Å². The van der Waals surface area contributed by atoms with Crippen molar-refractivity contribution < 1.29 is 13.9 Å². The van der Waals surface area contributed by atoms with Crippen LogP contribution in [0.25, 0.3) is 11.3 Å². The van der Waals surface area contributed by atoms with E-state index in [-0.39, 0.29) is 23.6 Å². The van der Waals surface area contributed by atoms with Gasteiger partial charge in [0.15, 0.2) is 5.82 Å². The Balaban J connectivity index is 1.29. The van der Waals surface area contributed by atoms with Crippen LogP contribution in [0, 0.1) is 35.9 Å². The second-order valence-electron chi connectivity index (χ2n) is 11.7. The van der Waals surface area contributed by atoms with Gasteiger partial charge in [0, 0.05) is 5.56 Å². The second-order valence-corrected chi connectivity index (χ2v) is 11.7. The van der Waals surface area contributed by atoms with Gasteiger partial charge in [-0.3, -0.25) is 4.79 Å². The van der Waals surface area contributed by atoms with Crippen LogP contribution in [0.2, 0.25) is 0 Å². The van der Waals surface area contributed by atoms with Crippen LogP contribution in [-0.2, 0) is 17.6 Å². The average molecular weight is 500 g/mol. The molecule has 1 amide bonds. The molecule has 7 rings (SSSR count). The lowest BCUT2D eigenvalue weighted by Gasteiger charge is -2.57. The molecule has 4 fully saturated rings. The molecular formula is C31H34FN3O2. The van der Waals surface area contributed by atoms with Gasteiger partial charge in [0.2, 0.25) is 5.91 Å². The highest BCUT2D eigenvalue weighted by atomic mass is 19.1. The first-order valence-corrected chi connectivity index (χ1v) is 13.4. The van der Waals surface area contributed by atoms with Crippen molar-refractivity contribution in [3.05, 3.63) is 71.3 Å². The highest BCUT2D eigenvalue weighted by Gasteiger charge is 2.51. The summed E-state index contributed by atoms with van der Waals surface area (Å²) in [6.07, 6.45) is 10.7.